The van der Waals surface area contributed by atoms with Crippen LogP contribution in [0.3, 0.4) is 0 Å². The second-order valence-electron chi connectivity index (χ2n) is 5.15. The van der Waals surface area contributed by atoms with E-state index in [0.717, 1.165) is 18.5 Å². The van der Waals surface area contributed by atoms with Gasteiger partial charge in [0.1, 0.15) is 6.10 Å². The molecule has 1 heterocycles. The van der Waals surface area contributed by atoms with Crippen molar-refractivity contribution in [1.29, 1.82) is 0 Å². The van der Waals surface area contributed by atoms with Crippen molar-refractivity contribution in [2.75, 3.05) is 13.2 Å². The molecule has 0 fully saturated rings. The van der Waals surface area contributed by atoms with Gasteiger partial charge in [-0.15, -0.1) is 0 Å². The lowest BCUT2D eigenvalue weighted by Crippen LogP contribution is -2.25. The summed E-state index contributed by atoms with van der Waals surface area (Å²) < 4.78 is 11.1. The van der Waals surface area contributed by atoms with Gasteiger partial charge in [-0.05, 0) is 12.5 Å². The molecule has 0 amide bonds. The molecule has 0 radical (unpaired) electrons. The molecular weight excluding hydrogens is 266 g/mol. The minimum Gasteiger partial charge on any atom is -0.366 e. The van der Waals surface area contributed by atoms with Gasteiger partial charge in [-0.25, -0.2) is 0 Å². The second kappa shape index (κ2) is 7.90. The van der Waals surface area contributed by atoms with Crippen LogP contribution in [0.2, 0.25) is 0 Å². The number of hydrogen-bond acceptors (Lipinski definition) is 5. The lowest BCUT2D eigenvalue weighted by Gasteiger charge is -2.13. The first-order valence-corrected chi connectivity index (χ1v) is 7.43. The highest BCUT2D eigenvalue weighted by Gasteiger charge is 2.20. The Labute approximate surface area is 125 Å². The van der Waals surface area contributed by atoms with Gasteiger partial charge in [0.2, 0.25) is 11.7 Å². The zero-order chi connectivity index (χ0) is 15.1. The van der Waals surface area contributed by atoms with Gasteiger partial charge >= 0.3 is 0 Å². The molecule has 1 N–H and O–H groups in total. The Bertz CT molecular complexity index is 525. The van der Waals surface area contributed by atoms with Crippen LogP contribution in [-0.4, -0.2) is 29.3 Å². The largest absolute Gasteiger partial charge is 0.366 e. The normalized spacial score (nSPS) is 12.8. The highest BCUT2D eigenvalue weighted by molar-refractivity contribution is 5.22. The van der Waals surface area contributed by atoms with Gasteiger partial charge in [-0.1, -0.05) is 49.3 Å². The minimum absolute atomic E-state index is 0.272. The first-order valence-electron chi connectivity index (χ1n) is 7.43. The molecule has 1 unspecified atom stereocenters. The first kappa shape index (κ1) is 15.7. The molecule has 1 aromatic carbocycles. The Balaban J connectivity index is 2.06. The van der Waals surface area contributed by atoms with Crippen LogP contribution in [0.4, 0.5) is 0 Å². The molecule has 2 rings (SSSR count). The Hall–Kier alpha value is -1.72. The molecule has 0 aliphatic carbocycles. The highest BCUT2D eigenvalue weighted by atomic mass is 16.5. The third-order valence-electron chi connectivity index (χ3n) is 3.05. The van der Waals surface area contributed by atoms with Crippen LogP contribution < -0.4 is 5.32 Å². The fourth-order valence-corrected chi connectivity index (χ4v) is 2.06. The maximum Gasteiger partial charge on any atom is 0.228 e. The van der Waals surface area contributed by atoms with Crippen molar-refractivity contribution >= 4 is 0 Å². The van der Waals surface area contributed by atoms with Gasteiger partial charge in [0.15, 0.2) is 0 Å². The van der Waals surface area contributed by atoms with Crippen molar-refractivity contribution in [2.24, 2.45) is 0 Å². The number of nitrogens with zero attached hydrogens (tertiary/aromatic N) is 2. The summed E-state index contributed by atoms with van der Waals surface area (Å²) in [6.07, 6.45) is 0.450. The van der Waals surface area contributed by atoms with Crippen LogP contribution in [0, 0.1) is 0 Å². The van der Waals surface area contributed by atoms with E-state index in [1.165, 1.54) is 0 Å². The Kier molecular flexibility index (Phi) is 5.90. The molecule has 2 aromatic rings. The van der Waals surface area contributed by atoms with Crippen LogP contribution in [-0.2, 0) is 11.2 Å². The number of hydrogen-bond donors (Lipinski definition) is 1. The van der Waals surface area contributed by atoms with Gasteiger partial charge in [-0.3, -0.25) is 0 Å². The van der Waals surface area contributed by atoms with Crippen molar-refractivity contribution in [2.45, 2.75) is 39.3 Å². The SMILES string of the molecule is CCOC(c1ccccc1)c1noc(CCNC(C)C)n1. The van der Waals surface area contributed by atoms with E-state index in [9.17, 15) is 0 Å². The number of benzene rings is 1. The van der Waals surface area contributed by atoms with E-state index in [4.69, 9.17) is 9.26 Å². The van der Waals surface area contributed by atoms with Crippen LogP contribution >= 0.6 is 0 Å². The predicted octanol–water partition coefficient (Wildman–Crippen LogP) is 2.74. The van der Waals surface area contributed by atoms with Crippen LogP contribution in [0.1, 0.15) is 44.2 Å². The number of nitrogens with one attached hydrogen (secondary N) is 1. The minimum atomic E-state index is -0.272. The number of aromatic nitrogens is 2. The molecule has 114 valence electrons. The average Bonchev–Trinajstić information content (AvgIpc) is 2.94. The van der Waals surface area contributed by atoms with E-state index in [0.29, 0.717) is 24.4 Å². The number of ether oxygens (including phenoxy) is 1. The molecule has 1 aromatic heterocycles. The average molecular weight is 289 g/mol. The van der Waals surface area contributed by atoms with E-state index >= 15 is 0 Å². The molecule has 21 heavy (non-hydrogen) atoms. The standard InChI is InChI=1S/C16H23N3O2/c1-4-20-15(13-8-6-5-7-9-13)16-18-14(21-19-16)10-11-17-12(2)3/h5-9,12,15,17H,4,10-11H2,1-3H3. The Morgan fingerprint density at radius 3 is 2.67 bits per heavy atom. The van der Waals surface area contributed by atoms with Crippen molar-refractivity contribution in [3.05, 3.63) is 47.6 Å². The number of rotatable bonds is 8. The molecule has 0 bridgehead atoms. The summed E-state index contributed by atoms with van der Waals surface area (Å²) in [4.78, 5) is 4.46. The second-order valence-corrected chi connectivity index (χ2v) is 5.15. The van der Waals surface area contributed by atoms with Gasteiger partial charge < -0.3 is 14.6 Å². The van der Waals surface area contributed by atoms with Crippen molar-refractivity contribution in [3.63, 3.8) is 0 Å². The zero-order valence-corrected chi connectivity index (χ0v) is 12.9. The van der Waals surface area contributed by atoms with Crippen LogP contribution in [0.15, 0.2) is 34.9 Å². The third-order valence-corrected chi connectivity index (χ3v) is 3.05. The molecule has 1 atom stereocenters. The van der Waals surface area contributed by atoms with E-state index in [1.54, 1.807) is 0 Å². The topological polar surface area (TPSA) is 60.2 Å². The fraction of sp³-hybridized carbons (Fsp3) is 0.500. The van der Waals surface area contributed by atoms with Crippen molar-refractivity contribution < 1.29 is 9.26 Å². The lowest BCUT2D eigenvalue weighted by molar-refractivity contribution is 0.0833. The van der Waals surface area contributed by atoms with Gasteiger partial charge in [0.05, 0.1) is 0 Å². The quantitative estimate of drug-likeness (QED) is 0.809. The smallest absolute Gasteiger partial charge is 0.228 e. The molecule has 0 spiro atoms. The first-order chi connectivity index (χ1) is 10.2. The zero-order valence-electron chi connectivity index (χ0n) is 12.9. The molecule has 0 saturated carbocycles. The predicted molar refractivity (Wildman–Crippen MR) is 81.1 cm³/mol. The Morgan fingerprint density at radius 2 is 2.00 bits per heavy atom. The van der Waals surface area contributed by atoms with E-state index < -0.39 is 0 Å². The van der Waals surface area contributed by atoms with Crippen LogP contribution in [0.25, 0.3) is 0 Å². The molecular formula is C16H23N3O2. The summed E-state index contributed by atoms with van der Waals surface area (Å²) in [6.45, 7) is 7.60. The lowest BCUT2D eigenvalue weighted by atomic mass is 10.1. The molecule has 5 heteroatoms. The van der Waals surface area contributed by atoms with Crippen LogP contribution in [0.5, 0.6) is 0 Å². The summed E-state index contributed by atoms with van der Waals surface area (Å²) in [7, 11) is 0. The highest BCUT2D eigenvalue weighted by Crippen LogP contribution is 2.23. The summed E-state index contributed by atoms with van der Waals surface area (Å²) in [6, 6.07) is 10.4. The molecule has 0 aliphatic heterocycles. The van der Waals surface area contributed by atoms with E-state index in [1.807, 2.05) is 37.3 Å². The summed E-state index contributed by atoms with van der Waals surface area (Å²) in [5, 5.41) is 7.40. The molecule has 5 nitrogen and oxygen atoms in total. The van der Waals surface area contributed by atoms with Gasteiger partial charge in [0.25, 0.3) is 0 Å². The Morgan fingerprint density at radius 1 is 1.24 bits per heavy atom. The summed E-state index contributed by atoms with van der Waals surface area (Å²) in [5.41, 5.74) is 1.03. The van der Waals surface area contributed by atoms with Gasteiger partial charge in [-0.2, -0.15) is 4.98 Å². The fourth-order valence-electron chi connectivity index (χ4n) is 2.06. The van der Waals surface area contributed by atoms with Crippen molar-refractivity contribution in [3.8, 4) is 0 Å². The maximum absolute atomic E-state index is 5.77. The molecule has 0 saturated heterocycles. The van der Waals surface area contributed by atoms with Gasteiger partial charge in [0, 0.05) is 25.6 Å². The van der Waals surface area contributed by atoms with E-state index in [2.05, 4.69) is 29.3 Å². The summed E-state index contributed by atoms with van der Waals surface area (Å²) >= 11 is 0. The van der Waals surface area contributed by atoms with Crippen molar-refractivity contribution in [1.82, 2.24) is 15.5 Å². The summed E-state index contributed by atoms with van der Waals surface area (Å²) in [5.74, 6) is 1.22. The van der Waals surface area contributed by atoms with E-state index in [-0.39, 0.29) is 6.10 Å². The monoisotopic (exact) mass is 289 g/mol. The molecule has 0 aliphatic rings. The third kappa shape index (κ3) is 4.65. The maximum atomic E-state index is 5.77.